The molecule has 0 aliphatic heterocycles. The Balaban J connectivity index is 2.28. The summed E-state index contributed by atoms with van der Waals surface area (Å²) >= 11 is 0. The highest BCUT2D eigenvalue weighted by atomic mass is 16.2. The van der Waals surface area contributed by atoms with Crippen LogP contribution in [0.5, 0.6) is 0 Å². The van der Waals surface area contributed by atoms with E-state index in [9.17, 15) is 4.79 Å². The maximum atomic E-state index is 13.2. The fourth-order valence-corrected chi connectivity index (χ4v) is 3.26. The highest BCUT2D eigenvalue weighted by molar-refractivity contribution is 5.76. The second-order valence-corrected chi connectivity index (χ2v) is 6.96. The van der Waals surface area contributed by atoms with E-state index in [1.165, 1.54) is 5.56 Å². The summed E-state index contributed by atoms with van der Waals surface area (Å²) in [5.41, 5.74) is 3.03. The standard InChI is InChI=1S/C23H30N2O/c1-6-17-25(19(4)21-16-12-11-13-18(21)3)22(26)24-23(5,7-2)20-14-9-8-10-15-20/h6,8-16,19H,1,7,17H2,2-5H3,(H,24,26). The SMILES string of the molecule is C=CCN(C(=O)NC(C)(CC)c1ccccc1)C(C)c1ccccc1C. The smallest absolute Gasteiger partial charge is 0.318 e. The van der Waals surface area contributed by atoms with Crippen LogP contribution >= 0.6 is 0 Å². The molecule has 3 nitrogen and oxygen atoms in total. The topological polar surface area (TPSA) is 32.3 Å². The number of nitrogens with one attached hydrogen (secondary N) is 1. The number of hydrogen-bond donors (Lipinski definition) is 1. The zero-order valence-corrected chi connectivity index (χ0v) is 16.3. The van der Waals surface area contributed by atoms with E-state index in [1.54, 1.807) is 6.08 Å². The van der Waals surface area contributed by atoms with Gasteiger partial charge in [-0.1, -0.05) is 67.6 Å². The first-order valence-electron chi connectivity index (χ1n) is 9.23. The van der Waals surface area contributed by atoms with Gasteiger partial charge < -0.3 is 10.2 Å². The number of amides is 2. The van der Waals surface area contributed by atoms with Crippen molar-refractivity contribution in [2.75, 3.05) is 6.54 Å². The summed E-state index contributed by atoms with van der Waals surface area (Å²) in [4.78, 5) is 15.0. The molecule has 138 valence electrons. The number of carbonyl (C=O) groups excluding carboxylic acids is 1. The van der Waals surface area contributed by atoms with Crippen molar-refractivity contribution in [2.45, 2.75) is 45.7 Å². The average molecular weight is 351 g/mol. The van der Waals surface area contributed by atoms with Crippen LogP contribution in [0.3, 0.4) is 0 Å². The van der Waals surface area contributed by atoms with Gasteiger partial charge in [0.25, 0.3) is 0 Å². The molecule has 2 amide bonds. The van der Waals surface area contributed by atoms with Gasteiger partial charge in [-0.05, 0) is 43.9 Å². The average Bonchev–Trinajstić information content (AvgIpc) is 2.66. The molecular weight excluding hydrogens is 320 g/mol. The molecule has 2 unspecified atom stereocenters. The molecule has 0 spiro atoms. The van der Waals surface area contributed by atoms with Crippen molar-refractivity contribution in [1.29, 1.82) is 0 Å². The van der Waals surface area contributed by atoms with E-state index < -0.39 is 5.54 Å². The molecule has 2 rings (SSSR count). The van der Waals surface area contributed by atoms with Crippen molar-refractivity contribution in [3.8, 4) is 0 Å². The third-order valence-electron chi connectivity index (χ3n) is 5.19. The fourth-order valence-electron chi connectivity index (χ4n) is 3.26. The first-order chi connectivity index (χ1) is 12.4. The number of nitrogens with zero attached hydrogens (tertiary/aromatic N) is 1. The molecule has 0 aliphatic rings. The van der Waals surface area contributed by atoms with Gasteiger partial charge in [0.05, 0.1) is 11.6 Å². The molecule has 0 saturated heterocycles. The van der Waals surface area contributed by atoms with Crippen LogP contribution in [-0.4, -0.2) is 17.5 Å². The Bertz CT molecular complexity index is 741. The first kappa shape index (κ1) is 19.8. The number of carbonyl (C=O) groups is 1. The summed E-state index contributed by atoms with van der Waals surface area (Å²) in [7, 11) is 0. The Kier molecular flexibility index (Phi) is 6.62. The van der Waals surface area contributed by atoms with E-state index in [4.69, 9.17) is 0 Å². The summed E-state index contributed by atoms with van der Waals surface area (Å²) in [6.07, 6.45) is 2.59. The highest BCUT2D eigenvalue weighted by Crippen LogP contribution is 2.27. The van der Waals surface area contributed by atoms with Gasteiger partial charge in [-0.3, -0.25) is 0 Å². The number of rotatable bonds is 7. The number of hydrogen-bond acceptors (Lipinski definition) is 1. The van der Waals surface area contributed by atoms with E-state index in [1.807, 2.05) is 35.2 Å². The predicted molar refractivity (Wildman–Crippen MR) is 109 cm³/mol. The molecule has 0 radical (unpaired) electrons. The Labute approximate surface area is 157 Å². The lowest BCUT2D eigenvalue weighted by molar-refractivity contribution is 0.172. The van der Waals surface area contributed by atoms with Crippen molar-refractivity contribution in [3.05, 3.63) is 83.9 Å². The molecule has 0 aliphatic carbocycles. The summed E-state index contributed by atoms with van der Waals surface area (Å²) in [6.45, 7) is 12.6. The molecule has 0 heterocycles. The zero-order chi connectivity index (χ0) is 19.2. The molecule has 0 aromatic heterocycles. The predicted octanol–water partition coefficient (Wildman–Crippen LogP) is 5.58. The number of aryl methyl sites for hydroxylation is 1. The van der Waals surface area contributed by atoms with Crippen LogP contribution in [-0.2, 0) is 5.54 Å². The molecule has 26 heavy (non-hydrogen) atoms. The van der Waals surface area contributed by atoms with Gasteiger partial charge in [-0.2, -0.15) is 0 Å². The monoisotopic (exact) mass is 350 g/mol. The fraction of sp³-hybridized carbons (Fsp3) is 0.348. The summed E-state index contributed by atoms with van der Waals surface area (Å²) in [6, 6.07) is 18.2. The first-order valence-corrected chi connectivity index (χ1v) is 9.23. The summed E-state index contributed by atoms with van der Waals surface area (Å²) in [5, 5.41) is 3.25. The summed E-state index contributed by atoms with van der Waals surface area (Å²) in [5.74, 6) is 0. The quantitative estimate of drug-likeness (QED) is 0.650. The Morgan fingerprint density at radius 2 is 1.81 bits per heavy atom. The molecule has 2 aromatic rings. The third-order valence-corrected chi connectivity index (χ3v) is 5.19. The van der Waals surface area contributed by atoms with Gasteiger partial charge in [0.15, 0.2) is 0 Å². The molecule has 1 N–H and O–H groups in total. The molecule has 0 fully saturated rings. The maximum Gasteiger partial charge on any atom is 0.318 e. The lowest BCUT2D eigenvalue weighted by Gasteiger charge is -2.36. The molecular formula is C23H30N2O. The summed E-state index contributed by atoms with van der Waals surface area (Å²) < 4.78 is 0. The lowest BCUT2D eigenvalue weighted by atomic mass is 9.89. The largest absolute Gasteiger partial charge is 0.329 e. The van der Waals surface area contributed by atoms with Crippen LogP contribution in [0.25, 0.3) is 0 Å². The second kappa shape index (κ2) is 8.70. The van der Waals surface area contributed by atoms with Crippen LogP contribution in [0.4, 0.5) is 4.79 Å². The van der Waals surface area contributed by atoms with Crippen LogP contribution in [0.1, 0.15) is 49.9 Å². The van der Waals surface area contributed by atoms with Gasteiger partial charge in [-0.25, -0.2) is 4.79 Å². The second-order valence-electron chi connectivity index (χ2n) is 6.96. The van der Waals surface area contributed by atoms with Crippen molar-refractivity contribution in [1.82, 2.24) is 10.2 Å². The minimum Gasteiger partial charge on any atom is -0.329 e. The molecule has 3 heteroatoms. The molecule has 2 atom stereocenters. The zero-order valence-electron chi connectivity index (χ0n) is 16.3. The van der Waals surface area contributed by atoms with Crippen LogP contribution < -0.4 is 5.32 Å². The molecule has 0 saturated carbocycles. The van der Waals surface area contributed by atoms with E-state index >= 15 is 0 Å². The van der Waals surface area contributed by atoms with Gasteiger partial charge in [0.2, 0.25) is 0 Å². The normalized spacial score (nSPS) is 14.2. The van der Waals surface area contributed by atoms with Gasteiger partial charge in [0, 0.05) is 6.54 Å². The number of urea groups is 1. The van der Waals surface area contributed by atoms with Crippen molar-refractivity contribution in [2.24, 2.45) is 0 Å². The van der Waals surface area contributed by atoms with Crippen molar-refractivity contribution >= 4 is 6.03 Å². The van der Waals surface area contributed by atoms with E-state index in [-0.39, 0.29) is 12.1 Å². The highest BCUT2D eigenvalue weighted by Gasteiger charge is 2.30. The van der Waals surface area contributed by atoms with Crippen molar-refractivity contribution in [3.63, 3.8) is 0 Å². The Morgan fingerprint density at radius 1 is 1.19 bits per heavy atom. The van der Waals surface area contributed by atoms with E-state index in [0.717, 1.165) is 17.5 Å². The van der Waals surface area contributed by atoms with Gasteiger partial charge >= 0.3 is 6.03 Å². The third kappa shape index (κ3) is 4.34. The lowest BCUT2D eigenvalue weighted by Crippen LogP contribution is -2.50. The van der Waals surface area contributed by atoms with E-state index in [2.05, 4.69) is 63.9 Å². The van der Waals surface area contributed by atoms with Crippen LogP contribution in [0.2, 0.25) is 0 Å². The number of benzene rings is 2. The Morgan fingerprint density at radius 3 is 2.38 bits per heavy atom. The minimum absolute atomic E-state index is 0.0360. The molecule has 0 bridgehead atoms. The van der Waals surface area contributed by atoms with Crippen LogP contribution in [0, 0.1) is 6.92 Å². The maximum absolute atomic E-state index is 13.2. The van der Waals surface area contributed by atoms with Gasteiger partial charge in [0.1, 0.15) is 0 Å². The van der Waals surface area contributed by atoms with Crippen molar-refractivity contribution < 1.29 is 4.79 Å². The van der Waals surface area contributed by atoms with Gasteiger partial charge in [-0.15, -0.1) is 6.58 Å². The molecule has 2 aromatic carbocycles. The minimum atomic E-state index is -0.413. The van der Waals surface area contributed by atoms with E-state index in [0.29, 0.717) is 6.54 Å². The Hall–Kier alpha value is -2.55. The van der Waals surface area contributed by atoms with Crippen LogP contribution in [0.15, 0.2) is 67.3 Å².